The third kappa shape index (κ3) is 3.18. The summed E-state index contributed by atoms with van der Waals surface area (Å²) in [4.78, 5) is 16.0. The van der Waals surface area contributed by atoms with Crippen molar-refractivity contribution < 1.29 is 5.11 Å². The third-order valence-electron chi connectivity index (χ3n) is 5.92. The first-order chi connectivity index (χ1) is 13.3. The van der Waals surface area contributed by atoms with Crippen LogP contribution in [0, 0.1) is 5.92 Å². The van der Waals surface area contributed by atoms with Gasteiger partial charge in [0.25, 0.3) is 0 Å². The summed E-state index contributed by atoms with van der Waals surface area (Å²) in [7, 11) is 0. The fraction of sp³-hybridized carbons (Fsp3) is 0.579. The number of imidazole rings is 1. The molecular formula is C19H25N7O. The molecule has 0 spiro atoms. The Morgan fingerprint density at radius 1 is 1.19 bits per heavy atom. The Bertz CT molecular complexity index is 933. The number of aliphatic hydroxyl groups is 1. The topological polar surface area (TPSA) is 95.8 Å². The van der Waals surface area contributed by atoms with E-state index in [1.54, 1.807) is 6.33 Å². The Kier molecular flexibility index (Phi) is 4.27. The SMILES string of the molecule is O[C@@H]1CCC[C@H](Cn2cnc3c(N4CCCc5[nH]ncc5C4)ncnc32)C1. The molecule has 0 amide bonds. The third-order valence-corrected chi connectivity index (χ3v) is 5.92. The Balaban J connectivity index is 1.43. The molecule has 27 heavy (non-hydrogen) atoms. The summed E-state index contributed by atoms with van der Waals surface area (Å²) < 4.78 is 2.13. The second kappa shape index (κ2) is 6.92. The predicted molar refractivity (Wildman–Crippen MR) is 101 cm³/mol. The summed E-state index contributed by atoms with van der Waals surface area (Å²) >= 11 is 0. The smallest absolute Gasteiger partial charge is 0.165 e. The van der Waals surface area contributed by atoms with Crippen LogP contribution in [0.1, 0.15) is 43.4 Å². The van der Waals surface area contributed by atoms with Crippen LogP contribution < -0.4 is 4.90 Å². The number of nitrogens with zero attached hydrogens (tertiary/aromatic N) is 6. The van der Waals surface area contributed by atoms with Crippen molar-refractivity contribution >= 4 is 17.0 Å². The summed E-state index contributed by atoms with van der Waals surface area (Å²) in [6.45, 7) is 2.59. The van der Waals surface area contributed by atoms with E-state index in [0.29, 0.717) is 5.92 Å². The normalized spacial score (nSPS) is 23.4. The van der Waals surface area contributed by atoms with Crippen LogP contribution in [0.25, 0.3) is 11.2 Å². The maximum absolute atomic E-state index is 9.96. The Hall–Kier alpha value is -2.48. The minimum atomic E-state index is -0.162. The molecule has 4 heterocycles. The molecule has 142 valence electrons. The standard InChI is InChI=1S/C19H25N7O/c27-15-4-1-3-13(7-15)9-26-12-22-17-18(20-11-21-19(17)26)25-6-2-5-16-14(10-25)8-23-24-16/h8,11-13,15,27H,1-7,9-10H2,(H,23,24)/t13-,15+/m0/s1. The van der Waals surface area contributed by atoms with E-state index in [1.807, 2.05) is 12.5 Å². The van der Waals surface area contributed by atoms with Crippen LogP contribution in [0.4, 0.5) is 5.82 Å². The van der Waals surface area contributed by atoms with E-state index in [-0.39, 0.29) is 6.10 Å². The largest absolute Gasteiger partial charge is 0.393 e. The van der Waals surface area contributed by atoms with Gasteiger partial charge in [-0.3, -0.25) is 5.10 Å². The Morgan fingerprint density at radius 3 is 3.07 bits per heavy atom. The van der Waals surface area contributed by atoms with E-state index >= 15 is 0 Å². The number of hydrogen-bond acceptors (Lipinski definition) is 6. The van der Waals surface area contributed by atoms with Gasteiger partial charge in [-0.15, -0.1) is 0 Å². The number of aliphatic hydroxyl groups excluding tert-OH is 1. The zero-order valence-corrected chi connectivity index (χ0v) is 15.4. The van der Waals surface area contributed by atoms with Crippen molar-refractivity contribution in [2.75, 3.05) is 11.4 Å². The average molecular weight is 367 g/mol. The van der Waals surface area contributed by atoms with Crippen LogP contribution in [0.5, 0.6) is 0 Å². The highest BCUT2D eigenvalue weighted by molar-refractivity contribution is 5.83. The van der Waals surface area contributed by atoms with E-state index in [9.17, 15) is 5.11 Å². The van der Waals surface area contributed by atoms with Gasteiger partial charge in [0.15, 0.2) is 17.0 Å². The van der Waals surface area contributed by atoms with Crippen molar-refractivity contribution in [3.05, 3.63) is 30.1 Å². The van der Waals surface area contributed by atoms with Crippen molar-refractivity contribution in [1.29, 1.82) is 0 Å². The number of hydrogen-bond donors (Lipinski definition) is 2. The van der Waals surface area contributed by atoms with E-state index in [4.69, 9.17) is 0 Å². The van der Waals surface area contributed by atoms with Crippen LogP contribution in [-0.4, -0.2) is 47.5 Å². The number of aromatic amines is 1. The molecule has 1 aliphatic carbocycles. The monoisotopic (exact) mass is 367 g/mol. The number of aromatic nitrogens is 6. The molecule has 0 saturated heterocycles. The molecule has 1 fully saturated rings. The first-order valence-electron chi connectivity index (χ1n) is 9.88. The first kappa shape index (κ1) is 16.7. The van der Waals surface area contributed by atoms with Crippen LogP contribution in [0.3, 0.4) is 0 Å². The zero-order chi connectivity index (χ0) is 18.2. The van der Waals surface area contributed by atoms with Crippen LogP contribution in [0.15, 0.2) is 18.9 Å². The highest BCUT2D eigenvalue weighted by atomic mass is 16.3. The van der Waals surface area contributed by atoms with Gasteiger partial charge >= 0.3 is 0 Å². The molecule has 1 aliphatic heterocycles. The molecule has 8 heteroatoms. The molecular weight excluding hydrogens is 342 g/mol. The van der Waals surface area contributed by atoms with Crippen LogP contribution in [-0.2, 0) is 19.5 Å². The van der Waals surface area contributed by atoms with Crippen molar-refractivity contribution in [2.45, 2.75) is 57.7 Å². The molecule has 2 N–H and O–H groups in total. The van der Waals surface area contributed by atoms with E-state index in [0.717, 1.165) is 75.1 Å². The van der Waals surface area contributed by atoms with E-state index < -0.39 is 0 Å². The second-order valence-electron chi connectivity index (χ2n) is 7.85. The molecule has 0 unspecified atom stereocenters. The maximum Gasteiger partial charge on any atom is 0.165 e. The minimum absolute atomic E-state index is 0.162. The van der Waals surface area contributed by atoms with Crippen LogP contribution in [0.2, 0.25) is 0 Å². The molecule has 3 aromatic heterocycles. The highest BCUT2D eigenvalue weighted by Crippen LogP contribution is 2.29. The number of fused-ring (bicyclic) bond motifs is 2. The van der Waals surface area contributed by atoms with Gasteiger partial charge in [0.1, 0.15) is 6.33 Å². The van der Waals surface area contributed by atoms with E-state index in [2.05, 4.69) is 34.6 Å². The van der Waals surface area contributed by atoms with Crippen LogP contribution >= 0.6 is 0 Å². The quantitative estimate of drug-likeness (QED) is 0.736. The van der Waals surface area contributed by atoms with Crippen molar-refractivity contribution in [3.8, 4) is 0 Å². The molecule has 1 saturated carbocycles. The lowest BCUT2D eigenvalue weighted by molar-refractivity contribution is 0.0957. The number of anilines is 1. The maximum atomic E-state index is 9.96. The van der Waals surface area contributed by atoms with Gasteiger partial charge in [-0.2, -0.15) is 5.10 Å². The zero-order valence-electron chi connectivity index (χ0n) is 15.4. The fourth-order valence-electron chi connectivity index (χ4n) is 4.54. The molecule has 8 nitrogen and oxygen atoms in total. The molecule has 0 aromatic carbocycles. The molecule has 2 atom stereocenters. The summed E-state index contributed by atoms with van der Waals surface area (Å²) in [6.07, 6.45) is 11.4. The summed E-state index contributed by atoms with van der Waals surface area (Å²) in [5.41, 5.74) is 4.21. The van der Waals surface area contributed by atoms with Crippen molar-refractivity contribution in [3.63, 3.8) is 0 Å². The van der Waals surface area contributed by atoms with E-state index in [1.165, 1.54) is 11.3 Å². The Labute approximate surface area is 157 Å². The van der Waals surface area contributed by atoms with Crippen molar-refractivity contribution in [1.82, 2.24) is 29.7 Å². The van der Waals surface area contributed by atoms with Gasteiger partial charge in [0.2, 0.25) is 0 Å². The van der Waals surface area contributed by atoms with Crippen molar-refractivity contribution in [2.24, 2.45) is 5.92 Å². The number of nitrogens with one attached hydrogen (secondary N) is 1. The average Bonchev–Trinajstić information content (AvgIpc) is 3.23. The number of aryl methyl sites for hydroxylation is 1. The van der Waals surface area contributed by atoms with Gasteiger partial charge in [-0.1, -0.05) is 6.42 Å². The number of H-pyrrole nitrogens is 1. The molecule has 0 radical (unpaired) electrons. The molecule has 2 aliphatic rings. The predicted octanol–water partition coefficient (Wildman–Crippen LogP) is 2.05. The fourth-order valence-corrected chi connectivity index (χ4v) is 4.54. The van der Waals surface area contributed by atoms with Gasteiger partial charge in [0.05, 0.1) is 18.6 Å². The minimum Gasteiger partial charge on any atom is -0.393 e. The number of rotatable bonds is 3. The summed E-state index contributed by atoms with van der Waals surface area (Å²) in [6, 6.07) is 0. The second-order valence-corrected chi connectivity index (χ2v) is 7.85. The molecule has 0 bridgehead atoms. The lowest BCUT2D eigenvalue weighted by atomic mass is 9.87. The van der Waals surface area contributed by atoms with Gasteiger partial charge < -0.3 is 14.6 Å². The lowest BCUT2D eigenvalue weighted by Crippen LogP contribution is -2.24. The molecule has 5 rings (SSSR count). The van der Waals surface area contributed by atoms with Gasteiger partial charge in [-0.05, 0) is 38.0 Å². The first-order valence-corrected chi connectivity index (χ1v) is 9.88. The molecule has 3 aromatic rings. The summed E-state index contributed by atoms with van der Waals surface area (Å²) in [5.74, 6) is 1.38. The highest BCUT2D eigenvalue weighted by Gasteiger charge is 2.24. The van der Waals surface area contributed by atoms with Gasteiger partial charge in [-0.25, -0.2) is 15.0 Å². The Morgan fingerprint density at radius 2 is 2.15 bits per heavy atom. The lowest BCUT2D eigenvalue weighted by Gasteiger charge is -2.26. The van der Waals surface area contributed by atoms with Gasteiger partial charge in [0, 0.05) is 30.9 Å². The summed E-state index contributed by atoms with van der Waals surface area (Å²) in [5, 5.41) is 17.3.